The highest BCUT2D eigenvalue weighted by molar-refractivity contribution is 5.95. The van der Waals surface area contributed by atoms with E-state index in [-0.39, 0.29) is 23.3 Å². The third-order valence-electron chi connectivity index (χ3n) is 8.66. The van der Waals surface area contributed by atoms with Gasteiger partial charge in [-0.3, -0.25) is 9.47 Å². The summed E-state index contributed by atoms with van der Waals surface area (Å²) in [5, 5.41) is 10.4. The number of esters is 1. The van der Waals surface area contributed by atoms with Crippen LogP contribution in [0.5, 0.6) is 5.75 Å². The largest absolute Gasteiger partial charge is 0.496 e. The SMILES string of the molecule is COC(=O)c1ccc(C2CC3(CCN2Cc2c(OC)cc(C)c4c2ccn4C(=O)OC(C)(C)C)CC(C#N)C3)cc1. The molecule has 2 aliphatic rings. The monoisotopic (exact) mass is 557 g/mol. The van der Waals surface area contributed by atoms with Crippen molar-refractivity contribution in [2.24, 2.45) is 11.3 Å². The van der Waals surface area contributed by atoms with Crippen molar-refractivity contribution >= 4 is 23.0 Å². The van der Waals surface area contributed by atoms with Gasteiger partial charge in [-0.15, -0.1) is 0 Å². The number of benzene rings is 2. The number of likely N-dealkylation sites (tertiary alicyclic amines) is 1. The average Bonchev–Trinajstić information content (AvgIpc) is 3.38. The lowest BCUT2D eigenvalue weighted by molar-refractivity contribution is -0.0298. The summed E-state index contributed by atoms with van der Waals surface area (Å²) < 4.78 is 18.1. The highest BCUT2D eigenvalue weighted by atomic mass is 16.6. The number of aryl methyl sites for hydroxylation is 1. The number of carbonyl (C=O) groups is 2. The summed E-state index contributed by atoms with van der Waals surface area (Å²) in [5.41, 5.74) is 3.97. The zero-order valence-corrected chi connectivity index (χ0v) is 24.8. The van der Waals surface area contributed by atoms with Gasteiger partial charge >= 0.3 is 12.1 Å². The van der Waals surface area contributed by atoms with Crippen molar-refractivity contribution in [3.05, 3.63) is 64.8 Å². The molecule has 2 heterocycles. The van der Waals surface area contributed by atoms with Crippen LogP contribution in [0.15, 0.2) is 42.6 Å². The molecular weight excluding hydrogens is 518 g/mol. The minimum atomic E-state index is -0.608. The van der Waals surface area contributed by atoms with E-state index in [4.69, 9.17) is 14.2 Å². The highest BCUT2D eigenvalue weighted by Crippen LogP contribution is 2.57. The first-order chi connectivity index (χ1) is 19.5. The maximum absolute atomic E-state index is 13.1. The molecule has 3 aromatic rings. The molecule has 1 aliphatic carbocycles. The molecule has 0 amide bonds. The van der Waals surface area contributed by atoms with E-state index in [0.29, 0.717) is 12.1 Å². The second-order valence-electron chi connectivity index (χ2n) is 12.6. The third kappa shape index (κ3) is 5.56. The van der Waals surface area contributed by atoms with Gasteiger partial charge in [0, 0.05) is 35.7 Å². The smallest absolute Gasteiger partial charge is 0.419 e. The number of nitriles is 1. The molecule has 1 atom stereocenters. The molecule has 1 aliphatic heterocycles. The quantitative estimate of drug-likeness (QED) is 0.319. The number of hydrogen-bond acceptors (Lipinski definition) is 7. The molecule has 1 saturated heterocycles. The Morgan fingerprint density at radius 2 is 1.80 bits per heavy atom. The maximum atomic E-state index is 13.1. The fourth-order valence-electron chi connectivity index (χ4n) is 6.68. The van der Waals surface area contributed by atoms with Gasteiger partial charge in [0.15, 0.2) is 0 Å². The summed E-state index contributed by atoms with van der Waals surface area (Å²) in [4.78, 5) is 27.6. The van der Waals surface area contributed by atoms with Crippen LogP contribution < -0.4 is 4.74 Å². The molecule has 1 saturated carbocycles. The summed E-state index contributed by atoms with van der Waals surface area (Å²) in [6, 6.07) is 14.2. The van der Waals surface area contributed by atoms with Crippen LogP contribution in [0.2, 0.25) is 0 Å². The number of methoxy groups -OCH3 is 2. The van der Waals surface area contributed by atoms with E-state index in [0.717, 1.165) is 65.6 Å². The molecule has 1 aromatic heterocycles. The maximum Gasteiger partial charge on any atom is 0.419 e. The van der Waals surface area contributed by atoms with Gasteiger partial charge in [-0.2, -0.15) is 5.26 Å². The number of aromatic nitrogens is 1. The Labute approximate surface area is 241 Å². The lowest BCUT2D eigenvalue weighted by Gasteiger charge is -2.53. The molecule has 216 valence electrons. The Morgan fingerprint density at radius 3 is 2.41 bits per heavy atom. The molecule has 5 rings (SSSR count). The minimum Gasteiger partial charge on any atom is -0.496 e. The molecule has 1 spiro atoms. The van der Waals surface area contributed by atoms with Gasteiger partial charge in [0.25, 0.3) is 0 Å². The Hall–Kier alpha value is -3.83. The highest BCUT2D eigenvalue weighted by Gasteiger charge is 2.49. The molecule has 1 unspecified atom stereocenters. The second-order valence-corrected chi connectivity index (χ2v) is 12.6. The Morgan fingerprint density at radius 1 is 1.10 bits per heavy atom. The summed E-state index contributed by atoms with van der Waals surface area (Å²) in [6.45, 7) is 9.06. The third-order valence-corrected chi connectivity index (χ3v) is 8.66. The van der Waals surface area contributed by atoms with E-state index < -0.39 is 11.7 Å². The predicted octanol–water partition coefficient (Wildman–Crippen LogP) is 6.79. The van der Waals surface area contributed by atoms with E-state index >= 15 is 0 Å². The molecule has 8 nitrogen and oxygen atoms in total. The van der Waals surface area contributed by atoms with E-state index in [2.05, 4.69) is 11.0 Å². The predicted molar refractivity (Wildman–Crippen MR) is 156 cm³/mol. The molecule has 8 heteroatoms. The van der Waals surface area contributed by atoms with Crippen LogP contribution >= 0.6 is 0 Å². The summed E-state index contributed by atoms with van der Waals surface area (Å²) in [6.07, 6.45) is 5.21. The van der Waals surface area contributed by atoms with Crippen LogP contribution in [0.4, 0.5) is 4.79 Å². The van der Waals surface area contributed by atoms with Crippen LogP contribution in [0.25, 0.3) is 10.9 Å². The molecule has 0 N–H and O–H groups in total. The fraction of sp³-hybridized carbons (Fsp3) is 0.485. The molecule has 41 heavy (non-hydrogen) atoms. The van der Waals surface area contributed by atoms with Crippen molar-refractivity contribution in [1.29, 1.82) is 5.26 Å². The number of fused-ring (bicyclic) bond motifs is 1. The molecular formula is C33H39N3O5. The number of ether oxygens (including phenoxy) is 3. The number of carbonyl (C=O) groups excluding carboxylic acids is 2. The minimum absolute atomic E-state index is 0.101. The van der Waals surface area contributed by atoms with E-state index in [1.165, 1.54) is 7.11 Å². The van der Waals surface area contributed by atoms with Crippen molar-refractivity contribution in [2.45, 2.75) is 71.6 Å². The van der Waals surface area contributed by atoms with Crippen molar-refractivity contribution < 1.29 is 23.8 Å². The Kier molecular flexibility index (Phi) is 7.60. The standard InChI is InChI=1S/C33H39N3O5/c1-21-15-28(39-5)26(25-11-13-36(29(21)25)31(38)41-32(2,3)4)20-35-14-12-33(16-22(17-33)19-34)18-27(35)23-7-9-24(10-8-23)30(37)40-6/h7-11,13,15,22,27H,12,14,16-18,20H2,1-6H3. The Balaban J connectivity index is 1.52. The van der Waals surface area contributed by atoms with Crippen LogP contribution in [-0.4, -0.2) is 47.9 Å². The van der Waals surface area contributed by atoms with E-state index in [1.54, 1.807) is 17.9 Å². The van der Waals surface area contributed by atoms with Crippen LogP contribution in [0, 0.1) is 29.6 Å². The van der Waals surface area contributed by atoms with E-state index in [9.17, 15) is 14.9 Å². The van der Waals surface area contributed by atoms with Gasteiger partial charge in [0.2, 0.25) is 0 Å². The van der Waals surface area contributed by atoms with Gasteiger partial charge in [0.1, 0.15) is 11.4 Å². The summed E-state index contributed by atoms with van der Waals surface area (Å²) >= 11 is 0. The first-order valence-electron chi connectivity index (χ1n) is 14.2. The topological polar surface area (TPSA) is 93.8 Å². The van der Waals surface area contributed by atoms with Gasteiger partial charge in [-0.25, -0.2) is 9.59 Å². The molecule has 0 bridgehead atoms. The van der Waals surface area contributed by atoms with Crippen molar-refractivity contribution in [3.8, 4) is 11.8 Å². The van der Waals surface area contributed by atoms with Crippen molar-refractivity contribution in [1.82, 2.24) is 9.47 Å². The number of rotatable bonds is 5. The zero-order valence-electron chi connectivity index (χ0n) is 24.8. The van der Waals surface area contributed by atoms with Gasteiger partial charge < -0.3 is 14.2 Å². The lowest BCUT2D eigenvalue weighted by atomic mass is 9.56. The summed E-state index contributed by atoms with van der Waals surface area (Å²) in [5.74, 6) is 0.559. The zero-order chi connectivity index (χ0) is 29.5. The summed E-state index contributed by atoms with van der Waals surface area (Å²) in [7, 11) is 3.07. The molecule has 2 fully saturated rings. The van der Waals surface area contributed by atoms with Gasteiger partial charge in [0.05, 0.1) is 31.4 Å². The number of nitrogens with zero attached hydrogens (tertiary/aromatic N) is 3. The Bertz CT molecular complexity index is 1500. The van der Waals surface area contributed by atoms with Crippen LogP contribution in [0.3, 0.4) is 0 Å². The van der Waals surface area contributed by atoms with Gasteiger partial charge in [-0.05, 0) is 101 Å². The normalized spacial score (nSPS) is 22.7. The average molecular weight is 558 g/mol. The van der Waals surface area contributed by atoms with Crippen LogP contribution in [0.1, 0.15) is 79.5 Å². The van der Waals surface area contributed by atoms with Gasteiger partial charge in [-0.1, -0.05) is 12.1 Å². The number of hydrogen-bond donors (Lipinski definition) is 0. The first kappa shape index (κ1) is 28.7. The first-order valence-corrected chi connectivity index (χ1v) is 14.2. The van der Waals surface area contributed by atoms with Crippen molar-refractivity contribution in [2.75, 3.05) is 20.8 Å². The number of piperidine rings is 1. The lowest BCUT2D eigenvalue weighted by Crippen LogP contribution is -2.48. The second kappa shape index (κ2) is 10.9. The van der Waals surface area contributed by atoms with Crippen molar-refractivity contribution in [3.63, 3.8) is 0 Å². The fourth-order valence-corrected chi connectivity index (χ4v) is 6.68. The molecule has 0 radical (unpaired) electrons. The van der Waals surface area contributed by atoms with E-state index in [1.807, 2.05) is 64.1 Å². The van der Waals surface area contributed by atoms with Crippen LogP contribution in [-0.2, 0) is 16.0 Å². The molecule has 2 aromatic carbocycles.